The van der Waals surface area contributed by atoms with Gasteiger partial charge in [-0.1, -0.05) is 37.4 Å². The van der Waals surface area contributed by atoms with Gasteiger partial charge in [-0.15, -0.1) is 0 Å². The number of halogens is 1. The fraction of sp³-hybridized carbons (Fsp3) is 0.533. The Balaban J connectivity index is 1.92. The molecule has 4 nitrogen and oxygen atoms in total. The third-order valence-electron chi connectivity index (χ3n) is 4.33. The van der Waals surface area contributed by atoms with Gasteiger partial charge in [-0.2, -0.15) is 5.10 Å². The van der Waals surface area contributed by atoms with Gasteiger partial charge in [0.2, 0.25) is 0 Å². The van der Waals surface area contributed by atoms with Gasteiger partial charge in [-0.25, -0.2) is 0 Å². The number of nitrogens with one attached hydrogen (secondary N) is 2. The van der Waals surface area contributed by atoms with Crippen LogP contribution in [0.3, 0.4) is 0 Å². The van der Waals surface area contributed by atoms with Crippen LogP contribution in [0.4, 0.5) is 5.69 Å². The number of hydrogen-bond acceptors (Lipinski definition) is 4. The average Bonchev–Trinajstić information content (AvgIpc) is 2.88. The number of piperidine rings is 1. The highest BCUT2D eigenvalue weighted by molar-refractivity contribution is 7.96. The molecule has 1 atom stereocenters. The summed E-state index contributed by atoms with van der Waals surface area (Å²) >= 11 is 7.97. The summed E-state index contributed by atoms with van der Waals surface area (Å²) in [5.74, 6) is 0. The maximum absolute atomic E-state index is 6.26. The van der Waals surface area contributed by atoms with Crippen LogP contribution in [0, 0.1) is 5.41 Å². The second-order valence-electron chi connectivity index (χ2n) is 6.33. The lowest BCUT2D eigenvalue weighted by molar-refractivity contribution is 0.233. The molecule has 0 spiro atoms. The maximum Gasteiger partial charge on any atom is 0.0686 e. The molecule has 0 amide bonds. The van der Waals surface area contributed by atoms with E-state index in [1.54, 1.807) is 11.9 Å². The monoisotopic (exact) mass is 324 g/mol. The molecule has 1 aliphatic heterocycles. The van der Waals surface area contributed by atoms with Gasteiger partial charge in [0.1, 0.15) is 0 Å². The number of H-pyrrole nitrogens is 1. The van der Waals surface area contributed by atoms with E-state index in [2.05, 4.69) is 46.0 Å². The molecule has 0 bridgehead atoms. The average molecular weight is 325 g/mol. The number of anilines is 1. The number of fused-ring (bicyclic) bond motifs is 1. The zero-order chi connectivity index (χ0) is 15.0. The van der Waals surface area contributed by atoms with Crippen LogP contribution in [0.1, 0.15) is 20.3 Å². The van der Waals surface area contributed by atoms with Gasteiger partial charge in [-0.3, -0.25) is 9.82 Å². The van der Waals surface area contributed by atoms with Crippen molar-refractivity contribution in [2.75, 3.05) is 24.2 Å². The predicted molar refractivity (Wildman–Crippen MR) is 92.2 cm³/mol. The summed E-state index contributed by atoms with van der Waals surface area (Å²) in [7, 11) is 0. The third kappa shape index (κ3) is 2.87. The lowest BCUT2D eigenvalue weighted by Gasteiger charge is -2.45. The Morgan fingerprint density at radius 2 is 2.29 bits per heavy atom. The summed E-state index contributed by atoms with van der Waals surface area (Å²) < 4.78 is 3.54. The number of benzene rings is 1. The largest absolute Gasteiger partial charge is 0.370 e. The van der Waals surface area contributed by atoms with Crippen LogP contribution in [0.2, 0.25) is 5.02 Å². The zero-order valence-corrected chi connectivity index (χ0v) is 14.2. The molecule has 21 heavy (non-hydrogen) atoms. The molecule has 0 aliphatic carbocycles. The Bertz CT molecular complexity index is 640. The molecule has 0 saturated carbocycles. The van der Waals surface area contributed by atoms with Crippen molar-refractivity contribution in [1.82, 2.24) is 14.9 Å². The van der Waals surface area contributed by atoms with Crippen LogP contribution in [0.5, 0.6) is 0 Å². The van der Waals surface area contributed by atoms with Crippen LogP contribution < -0.4 is 9.62 Å². The highest BCUT2D eigenvalue weighted by Gasteiger charge is 2.36. The molecule has 6 heteroatoms. The van der Waals surface area contributed by atoms with Crippen LogP contribution >= 0.6 is 23.5 Å². The molecule has 1 aromatic carbocycles. The van der Waals surface area contributed by atoms with Gasteiger partial charge in [0, 0.05) is 35.2 Å². The van der Waals surface area contributed by atoms with Crippen molar-refractivity contribution in [3.05, 3.63) is 23.4 Å². The molecule has 1 aromatic heterocycles. The molecule has 2 aromatic rings. The molecule has 3 rings (SSSR count). The Hall–Kier alpha value is -0.910. The highest BCUT2D eigenvalue weighted by Crippen LogP contribution is 2.36. The van der Waals surface area contributed by atoms with Crippen molar-refractivity contribution in [2.24, 2.45) is 5.41 Å². The number of aromatic amines is 1. The Morgan fingerprint density at radius 1 is 1.48 bits per heavy atom. The van der Waals surface area contributed by atoms with E-state index in [9.17, 15) is 0 Å². The topological polar surface area (TPSA) is 44.0 Å². The van der Waals surface area contributed by atoms with Crippen LogP contribution in [0.15, 0.2) is 18.3 Å². The maximum atomic E-state index is 6.26. The lowest BCUT2D eigenvalue weighted by atomic mass is 9.79. The summed E-state index contributed by atoms with van der Waals surface area (Å²) in [4.78, 5) is 2.43. The van der Waals surface area contributed by atoms with Crippen molar-refractivity contribution in [3.8, 4) is 0 Å². The van der Waals surface area contributed by atoms with Gasteiger partial charge in [-0.05, 0) is 30.2 Å². The molecule has 1 fully saturated rings. The quantitative estimate of drug-likeness (QED) is 0.845. The molecule has 114 valence electrons. The summed E-state index contributed by atoms with van der Waals surface area (Å²) in [5.41, 5.74) is 2.39. The molecular weight excluding hydrogens is 304 g/mol. The second-order valence-corrected chi connectivity index (χ2v) is 7.41. The molecule has 1 unspecified atom stereocenters. The SMILES string of the molecule is CSNC1CCN(c2cc(Cl)cc3[nH]ncc23)CC1(C)C. The molecular formula is C15H21ClN4S. The molecule has 1 saturated heterocycles. The molecule has 1 aliphatic rings. The molecule has 2 N–H and O–H groups in total. The van der Waals surface area contributed by atoms with E-state index in [0.717, 1.165) is 35.4 Å². The highest BCUT2D eigenvalue weighted by atomic mass is 35.5. The Morgan fingerprint density at radius 3 is 3.00 bits per heavy atom. The summed E-state index contributed by atoms with van der Waals surface area (Å²) in [5, 5.41) is 9.06. The number of rotatable bonds is 3. The summed E-state index contributed by atoms with van der Waals surface area (Å²) in [6.07, 6.45) is 5.11. The number of nitrogens with zero attached hydrogens (tertiary/aromatic N) is 2. The van der Waals surface area contributed by atoms with Crippen molar-refractivity contribution in [3.63, 3.8) is 0 Å². The summed E-state index contributed by atoms with van der Waals surface area (Å²) in [6, 6.07) is 4.51. The smallest absolute Gasteiger partial charge is 0.0686 e. The normalized spacial score (nSPS) is 21.9. The van der Waals surface area contributed by atoms with E-state index in [4.69, 9.17) is 11.6 Å². The standard InChI is InChI=1S/C15H21ClN4S/c1-15(2)9-20(5-4-14(15)19-21-3)13-7-10(16)6-12-11(13)8-17-18-12/h6-8,14,19H,4-5,9H2,1-3H3,(H,17,18). The predicted octanol–water partition coefficient (Wildman–Crippen LogP) is 3.69. The van der Waals surface area contributed by atoms with E-state index in [-0.39, 0.29) is 5.41 Å². The minimum Gasteiger partial charge on any atom is -0.370 e. The lowest BCUT2D eigenvalue weighted by Crippen LogP contribution is -2.53. The van der Waals surface area contributed by atoms with Crippen molar-refractivity contribution < 1.29 is 0 Å². The van der Waals surface area contributed by atoms with E-state index >= 15 is 0 Å². The minimum absolute atomic E-state index is 0.208. The molecule has 2 heterocycles. The van der Waals surface area contributed by atoms with E-state index in [1.807, 2.05) is 12.3 Å². The van der Waals surface area contributed by atoms with E-state index < -0.39 is 0 Å². The van der Waals surface area contributed by atoms with Gasteiger partial charge < -0.3 is 4.90 Å². The number of aromatic nitrogens is 2. The van der Waals surface area contributed by atoms with Crippen LogP contribution in [0.25, 0.3) is 10.9 Å². The first-order chi connectivity index (χ1) is 10.0. The van der Waals surface area contributed by atoms with Crippen molar-refractivity contribution in [1.29, 1.82) is 0 Å². The first-order valence-corrected chi connectivity index (χ1v) is 8.77. The van der Waals surface area contributed by atoms with E-state index in [1.165, 1.54) is 5.69 Å². The van der Waals surface area contributed by atoms with Crippen molar-refractivity contribution in [2.45, 2.75) is 26.3 Å². The van der Waals surface area contributed by atoms with Gasteiger partial charge in [0.05, 0.1) is 11.7 Å². The minimum atomic E-state index is 0.208. The second kappa shape index (κ2) is 5.71. The van der Waals surface area contributed by atoms with Crippen molar-refractivity contribution >= 4 is 40.1 Å². The van der Waals surface area contributed by atoms with E-state index in [0.29, 0.717) is 6.04 Å². The summed E-state index contributed by atoms with van der Waals surface area (Å²) in [6.45, 7) is 6.68. The number of hydrogen-bond donors (Lipinski definition) is 2. The fourth-order valence-electron chi connectivity index (χ4n) is 3.18. The third-order valence-corrected chi connectivity index (χ3v) is 5.07. The van der Waals surface area contributed by atoms with Crippen LogP contribution in [-0.2, 0) is 0 Å². The zero-order valence-electron chi connectivity index (χ0n) is 12.6. The van der Waals surface area contributed by atoms with Gasteiger partial charge in [0.15, 0.2) is 0 Å². The first kappa shape index (κ1) is 15.0. The van der Waals surface area contributed by atoms with Gasteiger partial charge in [0.25, 0.3) is 0 Å². The molecule has 0 radical (unpaired) electrons. The van der Waals surface area contributed by atoms with Gasteiger partial charge >= 0.3 is 0 Å². The fourth-order valence-corrected chi connectivity index (χ4v) is 4.12. The van der Waals surface area contributed by atoms with Crippen LogP contribution in [-0.4, -0.2) is 35.6 Å². The first-order valence-electron chi connectivity index (χ1n) is 7.17. The Kier molecular flexibility index (Phi) is 4.08. The Labute approximate surface area is 134 Å².